The van der Waals surface area contributed by atoms with Gasteiger partial charge < -0.3 is 9.73 Å². The monoisotopic (exact) mass is 427 g/mol. The van der Waals surface area contributed by atoms with Crippen LogP contribution in [-0.2, 0) is 10.5 Å². The summed E-state index contributed by atoms with van der Waals surface area (Å²) in [5.41, 5.74) is 2.69. The molecule has 1 aliphatic carbocycles. The number of furan rings is 1. The van der Waals surface area contributed by atoms with Gasteiger partial charge in [0.05, 0.1) is 4.08 Å². The van der Waals surface area contributed by atoms with Gasteiger partial charge in [-0.2, -0.15) is 8.78 Å². The van der Waals surface area contributed by atoms with E-state index < -0.39 is 5.76 Å². The Bertz CT molecular complexity index is 845. The molecule has 0 saturated carbocycles. The molecule has 4 rings (SSSR count). The number of halogens is 2. The lowest BCUT2D eigenvalue weighted by Crippen LogP contribution is -2.21. The maximum absolute atomic E-state index is 12.8. The molecule has 0 atom stereocenters. The molecule has 8 heteroatoms. The molecule has 1 N–H and O–H groups in total. The van der Waals surface area contributed by atoms with E-state index in [1.165, 1.54) is 5.56 Å². The van der Waals surface area contributed by atoms with Crippen molar-refractivity contribution in [1.29, 1.82) is 0 Å². The lowest BCUT2D eigenvalue weighted by Gasteiger charge is -2.31. The second-order valence-electron chi connectivity index (χ2n) is 6.51. The van der Waals surface area contributed by atoms with Crippen LogP contribution in [0, 0.1) is 6.92 Å². The SMILES string of the molecule is Cc1c(C(=O)Nc2ccc(SC(F)F)cc2)oc2c1C1(CCC2)SCCS1. The van der Waals surface area contributed by atoms with Crippen molar-refractivity contribution < 1.29 is 18.0 Å². The average Bonchev–Trinajstić information content (AvgIpc) is 3.22. The number of carbonyl (C=O) groups is 1. The van der Waals surface area contributed by atoms with E-state index in [2.05, 4.69) is 5.32 Å². The van der Waals surface area contributed by atoms with Crippen LogP contribution in [0.25, 0.3) is 0 Å². The Kier molecular flexibility index (Phi) is 5.49. The van der Waals surface area contributed by atoms with Crippen molar-refractivity contribution in [3.8, 4) is 0 Å². The van der Waals surface area contributed by atoms with Crippen LogP contribution < -0.4 is 5.32 Å². The number of hydrogen-bond donors (Lipinski definition) is 1. The average molecular weight is 428 g/mol. The van der Waals surface area contributed by atoms with Crippen LogP contribution in [0.4, 0.5) is 14.5 Å². The van der Waals surface area contributed by atoms with E-state index in [0.29, 0.717) is 28.1 Å². The van der Waals surface area contributed by atoms with Gasteiger partial charge in [-0.1, -0.05) is 11.8 Å². The van der Waals surface area contributed by atoms with E-state index in [0.717, 1.165) is 42.1 Å². The van der Waals surface area contributed by atoms with Gasteiger partial charge in [0.1, 0.15) is 5.76 Å². The van der Waals surface area contributed by atoms with Gasteiger partial charge in [-0.3, -0.25) is 4.79 Å². The summed E-state index contributed by atoms with van der Waals surface area (Å²) in [5.74, 6) is 0.800. The second kappa shape index (κ2) is 7.72. The van der Waals surface area contributed by atoms with Crippen LogP contribution in [0.1, 0.15) is 40.3 Å². The summed E-state index contributed by atoms with van der Waals surface area (Å²) in [6.45, 7) is 1.96. The van der Waals surface area contributed by atoms with Crippen LogP contribution in [-0.4, -0.2) is 23.2 Å². The number of amides is 1. The van der Waals surface area contributed by atoms with Gasteiger partial charge >= 0.3 is 0 Å². The fourth-order valence-corrected chi connectivity index (χ4v) is 7.78. The van der Waals surface area contributed by atoms with Crippen LogP contribution in [0.3, 0.4) is 0 Å². The maximum Gasteiger partial charge on any atom is 0.291 e. The van der Waals surface area contributed by atoms with Gasteiger partial charge in [0, 0.05) is 39.6 Å². The molecule has 2 aromatic rings. The first-order valence-corrected chi connectivity index (χ1v) is 11.6. The molecule has 2 heterocycles. The topological polar surface area (TPSA) is 42.2 Å². The number of thioether (sulfide) groups is 3. The van der Waals surface area contributed by atoms with Gasteiger partial charge in [-0.05, 0) is 44.0 Å². The molecule has 27 heavy (non-hydrogen) atoms. The van der Waals surface area contributed by atoms with Gasteiger partial charge in [-0.15, -0.1) is 23.5 Å². The summed E-state index contributed by atoms with van der Waals surface area (Å²) in [4.78, 5) is 13.2. The molecular formula is C19H19F2NO2S3. The highest BCUT2D eigenvalue weighted by Gasteiger charge is 2.45. The lowest BCUT2D eigenvalue weighted by atomic mass is 9.94. The fraction of sp³-hybridized carbons (Fsp3) is 0.421. The zero-order valence-corrected chi connectivity index (χ0v) is 17.2. The summed E-state index contributed by atoms with van der Waals surface area (Å²) < 4.78 is 30.9. The minimum atomic E-state index is -2.46. The van der Waals surface area contributed by atoms with Crippen molar-refractivity contribution in [2.75, 3.05) is 16.8 Å². The molecule has 1 aliphatic heterocycles. The second-order valence-corrected chi connectivity index (χ2v) is 10.6. The first kappa shape index (κ1) is 19.2. The van der Waals surface area contributed by atoms with Gasteiger partial charge in [0.2, 0.25) is 0 Å². The van der Waals surface area contributed by atoms with Crippen LogP contribution in [0.15, 0.2) is 33.6 Å². The number of benzene rings is 1. The number of fused-ring (bicyclic) bond motifs is 2. The van der Waals surface area contributed by atoms with Crippen molar-refractivity contribution >= 4 is 46.9 Å². The number of aryl methyl sites for hydroxylation is 1. The molecule has 0 bridgehead atoms. The van der Waals surface area contributed by atoms with E-state index in [9.17, 15) is 13.6 Å². The predicted molar refractivity (Wildman–Crippen MR) is 109 cm³/mol. The third-order valence-corrected chi connectivity index (χ3v) is 9.06. The highest BCUT2D eigenvalue weighted by Crippen LogP contribution is 2.59. The summed E-state index contributed by atoms with van der Waals surface area (Å²) in [5, 5.41) is 2.82. The van der Waals surface area contributed by atoms with E-state index >= 15 is 0 Å². The molecule has 0 radical (unpaired) electrons. The quantitative estimate of drug-likeness (QED) is 0.595. The van der Waals surface area contributed by atoms with E-state index in [4.69, 9.17) is 4.42 Å². The van der Waals surface area contributed by atoms with Crippen LogP contribution in [0.5, 0.6) is 0 Å². The molecule has 1 fully saturated rings. The smallest absolute Gasteiger partial charge is 0.291 e. The summed E-state index contributed by atoms with van der Waals surface area (Å²) in [6, 6.07) is 6.41. The summed E-state index contributed by atoms with van der Waals surface area (Å²) in [6.07, 6.45) is 3.05. The third-order valence-electron chi connectivity index (χ3n) is 4.81. The van der Waals surface area contributed by atoms with Crippen molar-refractivity contribution in [3.63, 3.8) is 0 Å². The van der Waals surface area contributed by atoms with Crippen LogP contribution in [0.2, 0.25) is 0 Å². The number of carbonyl (C=O) groups excluding carboxylic acids is 1. The van der Waals surface area contributed by atoms with E-state index in [1.54, 1.807) is 24.3 Å². The Morgan fingerprint density at radius 3 is 2.63 bits per heavy atom. The molecule has 1 amide bonds. The van der Waals surface area contributed by atoms with Gasteiger partial charge in [0.25, 0.3) is 11.7 Å². The van der Waals surface area contributed by atoms with Crippen molar-refractivity contribution in [2.45, 2.75) is 40.9 Å². The zero-order chi connectivity index (χ0) is 19.0. The first-order chi connectivity index (χ1) is 13.0. The molecule has 3 nitrogen and oxygen atoms in total. The summed E-state index contributed by atoms with van der Waals surface area (Å²) >= 11 is 4.42. The Morgan fingerprint density at radius 2 is 1.96 bits per heavy atom. The predicted octanol–water partition coefficient (Wildman–Crippen LogP) is 6.12. The molecule has 1 saturated heterocycles. The molecular weight excluding hydrogens is 408 g/mol. The number of anilines is 1. The van der Waals surface area contributed by atoms with Crippen molar-refractivity contribution in [2.24, 2.45) is 0 Å². The van der Waals surface area contributed by atoms with E-state index in [-0.39, 0.29) is 9.99 Å². The first-order valence-electron chi connectivity index (χ1n) is 8.75. The number of alkyl halides is 2. The minimum absolute atomic E-state index is 0.0356. The number of rotatable bonds is 4. The molecule has 1 aromatic heterocycles. The Hall–Kier alpha value is -1.12. The standard InChI is InChI=1S/C19H19F2NO2S3/c1-11-15-14(3-2-8-19(15)25-9-10-26-19)24-16(11)17(23)22-12-4-6-13(7-5-12)27-18(20)21/h4-7,18H,2-3,8-10H2,1H3,(H,22,23). The van der Waals surface area contributed by atoms with Gasteiger partial charge in [0.15, 0.2) is 5.76 Å². The highest BCUT2D eigenvalue weighted by molar-refractivity contribution is 8.20. The Balaban J connectivity index is 1.55. The maximum atomic E-state index is 12.8. The fourth-order valence-electron chi connectivity index (χ4n) is 3.72. The summed E-state index contributed by atoms with van der Waals surface area (Å²) in [7, 11) is 0. The molecule has 144 valence electrons. The molecule has 1 aromatic carbocycles. The van der Waals surface area contributed by atoms with Gasteiger partial charge in [-0.25, -0.2) is 0 Å². The Morgan fingerprint density at radius 1 is 1.26 bits per heavy atom. The van der Waals surface area contributed by atoms with Crippen molar-refractivity contribution in [1.82, 2.24) is 0 Å². The van der Waals surface area contributed by atoms with Crippen LogP contribution >= 0.6 is 35.3 Å². The highest BCUT2D eigenvalue weighted by atomic mass is 32.2. The number of hydrogen-bond acceptors (Lipinski definition) is 5. The number of nitrogens with one attached hydrogen (secondary N) is 1. The zero-order valence-electron chi connectivity index (χ0n) is 14.7. The largest absolute Gasteiger partial charge is 0.455 e. The van der Waals surface area contributed by atoms with E-state index in [1.807, 2.05) is 30.4 Å². The Labute approximate surface area is 169 Å². The normalized spacial score (nSPS) is 18.1. The molecule has 2 aliphatic rings. The van der Waals surface area contributed by atoms with Crippen molar-refractivity contribution in [3.05, 3.63) is 46.9 Å². The molecule has 1 spiro atoms. The molecule has 0 unspecified atom stereocenters. The third kappa shape index (κ3) is 3.76. The minimum Gasteiger partial charge on any atom is -0.455 e. The lowest BCUT2D eigenvalue weighted by molar-refractivity contribution is 0.0994.